The summed E-state index contributed by atoms with van der Waals surface area (Å²) in [6.07, 6.45) is 9.60. The lowest BCUT2D eigenvalue weighted by Gasteiger charge is -2.22. The van der Waals surface area contributed by atoms with E-state index >= 15 is 0 Å². The molecule has 1 aliphatic rings. The van der Waals surface area contributed by atoms with Crippen molar-refractivity contribution in [2.24, 2.45) is 7.05 Å². The third-order valence-corrected chi connectivity index (χ3v) is 6.87. The summed E-state index contributed by atoms with van der Waals surface area (Å²) in [7, 11) is 3.92. The van der Waals surface area contributed by atoms with Crippen LogP contribution in [0.4, 0.5) is 5.69 Å². The van der Waals surface area contributed by atoms with Crippen LogP contribution in [-0.4, -0.2) is 26.8 Å². The molecular weight excluding hydrogens is 466 g/mol. The number of hydrogen-bond donors (Lipinski definition) is 0. The zero-order chi connectivity index (χ0) is 23.8. The van der Waals surface area contributed by atoms with Gasteiger partial charge in [-0.25, -0.2) is 4.98 Å². The molecule has 0 bridgehead atoms. The van der Waals surface area contributed by atoms with Crippen LogP contribution in [0.2, 0.25) is 5.02 Å². The number of benzene rings is 1. The summed E-state index contributed by atoms with van der Waals surface area (Å²) in [6, 6.07) is 10.3. The molecule has 174 valence electrons. The van der Waals surface area contributed by atoms with Crippen LogP contribution < -0.4 is 9.04 Å². The summed E-state index contributed by atoms with van der Waals surface area (Å²) in [6.45, 7) is 4.24. The van der Waals surface area contributed by atoms with Gasteiger partial charge in [0.25, 0.3) is 0 Å². The van der Waals surface area contributed by atoms with Gasteiger partial charge in [-0.3, -0.25) is 9.67 Å². The Morgan fingerprint density at radius 2 is 1.94 bits per heavy atom. The van der Waals surface area contributed by atoms with Crippen molar-refractivity contribution in [3.63, 3.8) is 0 Å². The number of nitrogens with zero attached hydrogens (tertiary/aromatic N) is 5. The first-order valence-corrected chi connectivity index (χ1v) is 12.3. The van der Waals surface area contributed by atoms with Crippen LogP contribution in [0.3, 0.4) is 0 Å². The third kappa shape index (κ3) is 4.91. The predicted molar refractivity (Wildman–Crippen MR) is 138 cm³/mol. The van der Waals surface area contributed by atoms with Crippen molar-refractivity contribution < 1.29 is 4.74 Å². The van der Waals surface area contributed by atoms with Crippen molar-refractivity contribution in [3.8, 4) is 22.9 Å². The first kappa shape index (κ1) is 22.7. The highest BCUT2D eigenvalue weighted by Gasteiger charge is 2.29. The first-order chi connectivity index (χ1) is 16.4. The molecule has 34 heavy (non-hydrogen) atoms. The second-order valence-electron chi connectivity index (χ2n) is 8.73. The SMILES string of the molecule is Cc1cc(C)c(Oc2nc(-c3cncc(Cl)c3)ccc2N(C)Sc2cnn(C)c2)c(C2CC2)c1. The maximum absolute atomic E-state index is 6.64. The second kappa shape index (κ2) is 9.31. The molecule has 1 saturated carbocycles. The van der Waals surface area contributed by atoms with Crippen molar-refractivity contribution in [2.45, 2.75) is 37.5 Å². The molecule has 6 nitrogen and oxygen atoms in total. The van der Waals surface area contributed by atoms with Crippen molar-refractivity contribution >= 4 is 29.2 Å². The normalized spacial score (nSPS) is 13.2. The molecule has 8 heteroatoms. The minimum Gasteiger partial charge on any atom is -0.436 e. The van der Waals surface area contributed by atoms with Gasteiger partial charge in [-0.15, -0.1) is 0 Å². The molecule has 0 atom stereocenters. The fraction of sp³-hybridized carbons (Fsp3) is 0.269. The molecule has 1 aliphatic carbocycles. The van der Waals surface area contributed by atoms with Gasteiger partial charge in [0, 0.05) is 38.2 Å². The Morgan fingerprint density at radius 1 is 1.12 bits per heavy atom. The molecular formula is C26H26ClN5OS. The monoisotopic (exact) mass is 491 g/mol. The van der Waals surface area contributed by atoms with E-state index in [9.17, 15) is 0 Å². The van der Waals surface area contributed by atoms with Gasteiger partial charge in [-0.05, 0) is 73.9 Å². The maximum atomic E-state index is 6.64. The Hall–Kier alpha value is -3.03. The maximum Gasteiger partial charge on any atom is 0.244 e. The molecule has 3 heterocycles. The lowest BCUT2D eigenvalue weighted by atomic mass is 10.0. The fourth-order valence-electron chi connectivity index (χ4n) is 4.03. The van der Waals surface area contributed by atoms with Crippen LogP contribution in [0.25, 0.3) is 11.3 Å². The molecule has 0 unspecified atom stereocenters. The predicted octanol–water partition coefficient (Wildman–Crippen LogP) is 6.96. The number of rotatable bonds is 7. The summed E-state index contributed by atoms with van der Waals surface area (Å²) < 4.78 is 10.5. The number of hydrogen-bond acceptors (Lipinski definition) is 6. The molecule has 3 aromatic heterocycles. The molecule has 1 aromatic carbocycles. The zero-order valence-electron chi connectivity index (χ0n) is 19.6. The minimum atomic E-state index is 0.546. The Bertz CT molecular complexity index is 1350. The topological polar surface area (TPSA) is 56.1 Å². The highest BCUT2D eigenvalue weighted by molar-refractivity contribution is 8.00. The summed E-state index contributed by atoms with van der Waals surface area (Å²) in [5.41, 5.74) is 6.10. The molecule has 0 N–H and O–H groups in total. The van der Waals surface area contributed by atoms with Gasteiger partial charge in [0.05, 0.1) is 21.8 Å². The Kier molecular flexibility index (Phi) is 6.23. The fourth-order valence-corrected chi connectivity index (χ4v) is 5.06. The van der Waals surface area contributed by atoms with E-state index in [0.717, 1.165) is 33.2 Å². The molecule has 0 radical (unpaired) electrons. The highest BCUT2D eigenvalue weighted by atomic mass is 35.5. The van der Waals surface area contributed by atoms with Gasteiger partial charge >= 0.3 is 0 Å². The van der Waals surface area contributed by atoms with Gasteiger partial charge in [0.1, 0.15) is 11.4 Å². The quantitative estimate of drug-likeness (QED) is 0.260. The van der Waals surface area contributed by atoms with Crippen LogP contribution in [0.1, 0.15) is 35.4 Å². The number of anilines is 1. The van der Waals surface area contributed by atoms with Crippen molar-refractivity contribution in [1.82, 2.24) is 19.7 Å². The highest BCUT2D eigenvalue weighted by Crippen LogP contribution is 2.48. The summed E-state index contributed by atoms with van der Waals surface area (Å²) in [4.78, 5) is 10.2. The standard InChI is InChI=1S/C26H26ClN5OS/c1-16-9-17(2)25(22(10-16)18-5-6-18)33-26-24(32(4)34-21-14-29-31(3)15-21)8-7-23(30-26)19-11-20(27)13-28-12-19/h7-15,18H,5-6H2,1-4H3. The molecule has 0 saturated heterocycles. The van der Waals surface area contributed by atoms with E-state index in [1.54, 1.807) is 29.0 Å². The molecule has 0 amide bonds. The third-order valence-electron chi connectivity index (χ3n) is 5.77. The second-order valence-corrected chi connectivity index (χ2v) is 10.4. The Balaban J connectivity index is 1.57. The molecule has 0 spiro atoms. The van der Waals surface area contributed by atoms with E-state index in [1.807, 2.05) is 44.7 Å². The van der Waals surface area contributed by atoms with E-state index in [2.05, 4.69) is 40.4 Å². The lowest BCUT2D eigenvalue weighted by Crippen LogP contribution is -2.09. The average molecular weight is 492 g/mol. The smallest absolute Gasteiger partial charge is 0.244 e. The number of aromatic nitrogens is 4. The van der Waals surface area contributed by atoms with Crippen LogP contribution >= 0.6 is 23.5 Å². The Morgan fingerprint density at radius 3 is 2.65 bits per heavy atom. The van der Waals surface area contributed by atoms with Gasteiger partial charge in [0.15, 0.2) is 0 Å². The zero-order valence-corrected chi connectivity index (χ0v) is 21.2. The summed E-state index contributed by atoms with van der Waals surface area (Å²) >= 11 is 7.77. The first-order valence-electron chi connectivity index (χ1n) is 11.2. The van der Waals surface area contributed by atoms with Gasteiger partial charge in [-0.2, -0.15) is 5.10 Å². The van der Waals surface area contributed by atoms with Crippen molar-refractivity contribution in [3.05, 3.63) is 76.8 Å². The number of halogens is 1. The van der Waals surface area contributed by atoms with Crippen LogP contribution in [0.15, 0.2) is 60.0 Å². The van der Waals surface area contributed by atoms with Crippen molar-refractivity contribution in [1.29, 1.82) is 0 Å². The van der Waals surface area contributed by atoms with Gasteiger partial charge < -0.3 is 9.04 Å². The number of aryl methyl sites for hydroxylation is 3. The van der Waals surface area contributed by atoms with Crippen LogP contribution in [-0.2, 0) is 7.05 Å². The van der Waals surface area contributed by atoms with Crippen LogP contribution in [0, 0.1) is 13.8 Å². The number of ether oxygens (including phenoxy) is 1. The summed E-state index contributed by atoms with van der Waals surface area (Å²) in [5, 5.41) is 4.85. The lowest BCUT2D eigenvalue weighted by molar-refractivity contribution is 0.455. The van der Waals surface area contributed by atoms with E-state index in [1.165, 1.54) is 24.0 Å². The minimum absolute atomic E-state index is 0.546. The van der Waals surface area contributed by atoms with E-state index in [0.29, 0.717) is 16.8 Å². The molecule has 4 aromatic rings. The Labute approximate surface area is 209 Å². The molecule has 5 rings (SSSR count). The van der Waals surface area contributed by atoms with E-state index in [-0.39, 0.29) is 0 Å². The van der Waals surface area contributed by atoms with Gasteiger partial charge in [-0.1, -0.05) is 29.3 Å². The largest absolute Gasteiger partial charge is 0.436 e. The molecule has 0 aliphatic heterocycles. The van der Waals surface area contributed by atoms with E-state index < -0.39 is 0 Å². The molecule has 1 fully saturated rings. The van der Waals surface area contributed by atoms with E-state index in [4.69, 9.17) is 21.3 Å². The van der Waals surface area contributed by atoms with Crippen LogP contribution in [0.5, 0.6) is 11.6 Å². The summed E-state index contributed by atoms with van der Waals surface area (Å²) in [5.74, 6) is 2.01. The average Bonchev–Trinajstić information content (AvgIpc) is 3.57. The van der Waals surface area contributed by atoms with Crippen molar-refractivity contribution in [2.75, 3.05) is 11.4 Å². The number of pyridine rings is 2. The van der Waals surface area contributed by atoms with Gasteiger partial charge in [0.2, 0.25) is 5.88 Å².